The molecule has 1 N–H and O–H groups in total. The zero-order valence-corrected chi connectivity index (χ0v) is 18.3. The van der Waals surface area contributed by atoms with E-state index in [1.165, 1.54) is 22.5 Å². The molecule has 0 aromatic heterocycles. The maximum absolute atomic E-state index is 13.0. The average Bonchev–Trinajstić information content (AvgIpc) is 3.02. The van der Waals surface area contributed by atoms with Gasteiger partial charge in [0.25, 0.3) is 5.91 Å². The van der Waals surface area contributed by atoms with Gasteiger partial charge in [0.2, 0.25) is 10.0 Å². The van der Waals surface area contributed by atoms with Gasteiger partial charge in [-0.15, -0.1) is 0 Å². The lowest BCUT2D eigenvalue weighted by Crippen LogP contribution is -2.38. The highest BCUT2D eigenvalue weighted by atomic mass is 35.5. The number of morpholine rings is 1. The first-order valence-corrected chi connectivity index (χ1v) is 12.2. The van der Waals surface area contributed by atoms with Gasteiger partial charge < -0.3 is 10.1 Å². The third-order valence-corrected chi connectivity index (χ3v) is 7.65. The Morgan fingerprint density at radius 1 is 1.07 bits per heavy atom. The largest absolute Gasteiger partial charge is 0.379 e. The van der Waals surface area contributed by atoms with Crippen LogP contribution in [0.25, 0.3) is 0 Å². The molecule has 1 aromatic rings. The van der Waals surface area contributed by atoms with E-state index < -0.39 is 10.0 Å². The zero-order chi connectivity index (χ0) is 20.7. The van der Waals surface area contributed by atoms with E-state index >= 15 is 0 Å². The molecule has 162 valence electrons. The molecule has 1 amide bonds. The molecule has 2 aliphatic heterocycles. The number of rotatable bonds is 7. The molecule has 0 spiro atoms. The predicted molar refractivity (Wildman–Crippen MR) is 113 cm³/mol. The van der Waals surface area contributed by atoms with Gasteiger partial charge in [0.05, 0.1) is 28.7 Å². The number of carbonyl (C=O) groups excluding carboxylic acids is 1. The number of ether oxygens (including phenoxy) is 1. The molecule has 2 aliphatic rings. The molecule has 2 saturated heterocycles. The third kappa shape index (κ3) is 6.15. The minimum atomic E-state index is -3.62. The third-order valence-electron chi connectivity index (χ3n) is 5.43. The van der Waals surface area contributed by atoms with Crippen LogP contribution in [0.4, 0.5) is 0 Å². The summed E-state index contributed by atoms with van der Waals surface area (Å²) in [6.45, 7) is 5.77. The van der Waals surface area contributed by atoms with Crippen molar-refractivity contribution in [3.05, 3.63) is 28.8 Å². The van der Waals surface area contributed by atoms with Crippen molar-refractivity contribution >= 4 is 27.5 Å². The van der Waals surface area contributed by atoms with Crippen molar-refractivity contribution in [1.29, 1.82) is 0 Å². The van der Waals surface area contributed by atoms with E-state index in [0.29, 0.717) is 19.6 Å². The van der Waals surface area contributed by atoms with E-state index in [1.807, 2.05) is 0 Å². The summed E-state index contributed by atoms with van der Waals surface area (Å²) in [6.07, 6.45) is 4.64. The van der Waals surface area contributed by atoms with Crippen molar-refractivity contribution in [3.8, 4) is 0 Å². The van der Waals surface area contributed by atoms with Gasteiger partial charge in [0.15, 0.2) is 0 Å². The van der Waals surface area contributed by atoms with Crippen LogP contribution in [0.1, 0.15) is 42.5 Å². The molecule has 3 rings (SSSR count). The summed E-state index contributed by atoms with van der Waals surface area (Å²) < 4.78 is 32.8. The molecule has 0 atom stereocenters. The van der Waals surface area contributed by atoms with Gasteiger partial charge in [0.1, 0.15) is 0 Å². The monoisotopic (exact) mass is 443 g/mol. The van der Waals surface area contributed by atoms with Crippen molar-refractivity contribution in [2.75, 3.05) is 52.5 Å². The molecule has 0 bridgehead atoms. The number of hydrogen-bond donors (Lipinski definition) is 1. The summed E-state index contributed by atoms with van der Waals surface area (Å²) in [4.78, 5) is 15.0. The quantitative estimate of drug-likeness (QED) is 0.654. The van der Waals surface area contributed by atoms with Crippen molar-refractivity contribution in [3.63, 3.8) is 0 Å². The predicted octanol–water partition coefficient (Wildman–Crippen LogP) is 2.36. The maximum Gasteiger partial charge on any atom is 0.252 e. The molecular weight excluding hydrogens is 414 g/mol. The molecule has 0 radical (unpaired) electrons. The number of carbonyl (C=O) groups is 1. The summed E-state index contributed by atoms with van der Waals surface area (Å²) in [6, 6.07) is 4.38. The van der Waals surface area contributed by atoms with Gasteiger partial charge in [0, 0.05) is 32.7 Å². The van der Waals surface area contributed by atoms with Crippen LogP contribution in [0.5, 0.6) is 0 Å². The Kier molecular flexibility index (Phi) is 8.32. The Morgan fingerprint density at radius 3 is 2.45 bits per heavy atom. The molecule has 9 heteroatoms. The molecule has 0 unspecified atom stereocenters. The summed E-state index contributed by atoms with van der Waals surface area (Å²) in [7, 11) is -3.62. The first kappa shape index (κ1) is 22.5. The van der Waals surface area contributed by atoms with Crippen molar-refractivity contribution in [1.82, 2.24) is 14.5 Å². The van der Waals surface area contributed by atoms with Gasteiger partial charge in [-0.3, -0.25) is 9.69 Å². The molecule has 7 nitrogen and oxygen atoms in total. The van der Waals surface area contributed by atoms with Crippen LogP contribution in [0.2, 0.25) is 5.02 Å². The lowest BCUT2D eigenvalue weighted by atomic mass is 10.2. The topological polar surface area (TPSA) is 79.0 Å². The second-order valence-electron chi connectivity index (χ2n) is 7.52. The first-order chi connectivity index (χ1) is 14.0. The number of nitrogens with zero attached hydrogens (tertiary/aromatic N) is 2. The minimum absolute atomic E-state index is 0.127. The Morgan fingerprint density at radius 2 is 1.76 bits per heavy atom. The normalized spacial score (nSPS) is 19.6. The minimum Gasteiger partial charge on any atom is -0.379 e. The second kappa shape index (κ2) is 10.7. The van der Waals surface area contributed by atoms with Gasteiger partial charge in [-0.1, -0.05) is 24.4 Å². The lowest BCUT2D eigenvalue weighted by Gasteiger charge is -2.26. The fourth-order valence-electron chi connectivity index (χ4n) is 3.69. The number of sulfonamides is 1. The number of nitrogens with one attached hydrogen (secondary N) is 1. The smallest absolute Gasteiger partial charge is 0.252 e. The molecular formula is C20H30ClN3O4S. The van der Waals surface area contributed by atoms with Gasteiger partial charge >= 0.3 is 0 Å². The second-order valence-corrected chi connectivity index (χ2v) is 9.87. The van der Waals surface area contributed by atoms with E-state index in [0.717, 1.165) is 65.0 Å². The van der Waals surface area contributed by atoms with Crippen LogP contribution in [0.3, 0.4) is 0 Å². The summed E-state index contributed by atoms with van der Waals surface area (Å²) in [5, 5.41) is 3.11. The van der Waals surface area contributed by atoms with Crippen molar-refractivity contribution in [2.45, 2.75) is 37.0 Å². The van der Waals surface area contributed by atoms with E-state index in [-0.39, 0.29) is 21.4 Å². The standard InChI is InChI=1S/C20H30ClN3O4S/c21-19-7-6-17(29(26,27)24-10-3-1-2-4-11-24)16-18(19)20(25)22-8-5-9-23-12-14-28-15-13-23/h6-7,16H,1-5,8-15H2,(H,22,25). The maximum atomic E-state index is 13.0. The first-order valence-electron chi connectivity index (χ1n) is 10.4. The average molecular weight is 444 g/mol. The van der Waals surface area contributed by atoms with E-state index in [9.17, 15) is 13.2 Å². The molecule has 2 fully saturated rings. The SMILES string of the molecule is O=C(NCCCN1CCOCC1)c1cc(S(=O)(=O)N2CCCCCC2)ccc1Cl. The number of benzene rings is 1. The fraction of sp³-hybridized carbons (Fsp3) is 0.650. The van der Waals surface area contributed by atoms with Crippen LogP contribution in [0, 0.1) is 0 Å². The molecule has 29 heavy (non-hydrogen) atoms. The Balaban J connectivity index is 1.60. The fourth-order valence-corrected chi connectivity index (χ4v) is 5.44. The van der Waals surface area contributed by atoms with Crippen LogP contribution >= 0.6 is 11.6 Å². The Labute approximate surface area is 178 Å². The van der Waals surface area contributed by atoms with E-state index in [1.54, 1.807) is 0 Å². The van der Waals surface area contributed by atoms with Gasteiger partial charge in [-0.05, 0) is 44.0 Å². The van der Waals surface area contributed by atoms with Gasteiger partial charge in [-0.2, -0.15) is 4.31 Å². The highest BCUT2D eigenvalue weighted by Crippen LogP contribution is 2.25. The lowest BCUT2D eigenvalue weighted by molar-refractivity contribution is 0.0374. The van der Waals surface area contributed by atoms with Crippen LogP contribution in [-0.4, -0.2) is 76.0 Å². The zero-order valence-electron chi connectivity index (χ0n) is 16.7. The van der Waals surface area contributed by atoms with Gasteiger partial charge in [-0.25, -0.2) is 8.42 Å². The Bertz CT molecular complexity index is 789. The molecule has 1 aromatic carbocycles. The van der Waals surface area contributed by atoms with E-state index in [2.05, 4.69) is 10.2 Å². The van der Waals surface area contributed by atoms with Crippen LogP contribution in [0.15, 0.2) is 23.1 Å². The van der Waals surface area contributed by atoms with Crippen LogP contribution in [-0.2, 0) is 14.8 Å². The highest BCUT2D eigenvalue weighted by Gasteiger charge is 2.26. The van der Waals surface area contributed by atoms with Crippen molar-refractivity contribution < 1.29 is 17.9 Å². The highest BCUT2D eigenvalue weighted by molar-refractivity contribution is 7.89. The summed E-state index contributed by atoms with van der Waals surface area (Å²) in [5.41, 5.74) is 0.203. The van der Waals surface area contributed by atoms with E-state index in [4.69, 9.17) is 16.3 Å². The molecule has 0 saturated carbocycles. The summed E-state index contributed by atoms with van der Waals surface area (Å²) in [5.74, 6) is -0.343. The molecule has 0 aliphatic carbocycles. The molecule has 2 heterocycles. The number of halogens is 1. The summed E-state index contributed by atoms with van der Waals surface area (Å²) >= 11 is 6.20. The number of amides is 1. The number of hydrogen-bond acceptors (Lipinski definition) is 5. The van der Waals surface area contributed by atoms with Crippen LogP contribution < -0.4 is 5.32 Å². The van der Waals surface area contributed by atoms with Crippen molar-refractivity contribution in [2.24, 2.45) is 0 Å². The Hall–Kier alpha value is -1.19.